The zero-order chi connectivity index (χ0) is 9.90. The molecule has 3 nitrogen and oxygen atoms in total. The van der Waals surface area contributed by atoms with Crippen LogP contribution in [-0.4, -0.2) is 20.2 Å². The average molecular weight is 213 g/mol. The zero-order valence-electron chi connectivity index (χ0n) is 9.32. The molecule has 0 fully saturated rings. The van der Waals surface area contributed by atoms with Gasteiger partial charge in [0, 0.05) is 16.0 Å². The highest BCUT2D eigenvalue weighted by Gasteiger charge is 2.19. The molecular formula is C10H19NO2Si. The summed E-state index contributed by atoms with van der Waals surface area (Å²) >= 11 is 0. The molecule has 0 aromatic carbocycles. The molecule has 0 aliphatic heterocycles. The van der Waals surface area contributed by atoms with Crippen molar-refractivity contribution in [2.24, 2.45) is 0 Å². The van der Waals surface area contributed by atoms with Crippen molar-refractivity contribution in [1.82, 2.24) is 0 Å². The molecule has 0 aliphatic carbocycles. The molecule has 1 N–H and O–H groups in total. The van der Waals surface area contributed by atoms with Crippen molar-refractivity contribution in [3.8, 4) is 0 Å². The fourth-order valence-corrected chi connectivity index (χ4v) is 2.24. The third-order valence-corrected chi connectivity index (χ3v) is 3.95. The molecule has 0 aliphatic rings. The fraction of sp³-hybridized carbons (Fsp3) is 0.500. The Morgan fingerprint density at radius 3 is 2.50 bits per heavy atom. The fourth-order valence-electron chi connectivity index (χ4n) is 1.13. The first-order chi connectivity index (χ1) is 6.04. The Bertz CT molecular complexity index is 284. The maximum absolute atomic E-state index is 5.38. The highest BCUT2D eigenvalue weighted by molar-refractivity contribution is 6.88. The number of rotatable bonds is 3. The monoisotopic (exact) mass is 213 g/mol. The number of pyridine rings is 1. The van der Waals surface area contributed by atoms with E-state index in [1.807, 2.05) is 19.2 Å². The van der Waals surface area contributed by atoms with Gasteiger partial charge in [-0.1, -0.05) is 25.7 Å². The van der Waals surface area contributed by atoms with E-state index in [4.69, 9.17) is 4.84 Å². The summed E-state index contributed by atoms with van der Waals surface area (Å²) < 4.78 is 1.80. The predicted octanol–water partition coefficient (Wildman–Crippen LogP) is 0.791. The van der Waals surface area contributed by atoms with E-state index in [-0.39, 0.29) is 5.48 Å². The number of hydrogen-bond acceptors (Lipinski definition) is 2. The van der Waals surface area contributed by atoms with Gasteiger partial charge >= 0.3 is 0 Å². The minimum atomic E-state index is -1.19. The maximum atomic E-state index is 5.38. The molecule has 1 aromatic heterocycles. The van der Waals surface area contributed by atoms with E-state index in [9.17, 15) is 0 Å². The van der Waals surface area contributed by atoms with Gasteiger partial charge in [0.25, 0.3) is 0 Å². The highest BCUT2D eigenvalue weighted by atomic mass is 28.3. The minimum Gasteiger partial charge on any atom is -0.870 e. The van der Waals surface area contributed by atoms with E-state index < -0.39 is 8.07 Å². The Kier molecular flexibility index (Phi) is 4.80. The van der Waals surface area contributed by atoms with Crippen LogP contribution in [0.5, 0.6) is 0 Å². The highest BCUT2D eigenvalue weighted by Crippen LogP contribution is 1.98. The van der Waals surface area contributed by atoms with E-state index in [1.54, 1.807) is 4.73 Å². The summed E-state index contributed by atoms with van der Waals surface area (Å²) in [5, 5.41) is 1.42. The van der Waals surface area contributed by atoms with Crippen LogP contribution in [0.25, 0.3) is 0 Å². The standard InChI is InChI=1S/C10H18NOSi.H2O/c1-5-12-11-8-6-7-10(9-11)13(2,3)4;/h6-9H,5H2,1-4H3;1H2/q+1;/p-1. The predicted molar refractivity (Wildman–Crippen MR) is 58.7 cm³/mol. The molecule has 0 bridgehead atoms. The SMILES string of the molecule is CCO[n+]1cccc([Si](C)(C)C)c1.[OH-]. The van der Waals surface area contributed by atoms with Crippen LogP contribution in [0.4, 0.5) is 0 Å². The first kappa shape index (κ1) is 13.1. The van der Waals surface area contributed by atoms with Gasteiger partial charge in [0.15, 0.2) is 6.61 Å². The molecule has 1 heterocycles. The Labute approximate surface area is 86.6 Å². The minimum absolute atomic E-state index is 0. The van der Waals surface area contributed by atoms with Gasteiger partial charge in [0.05, 0.1) is 8.07 Å². The van der Waals surface area contributed by atoms with Gasteiger partial charge in [-0.2, -0.15) is 0 Å². The quantitative estimate of drug-likeness (QED) is 0.550. The maximum Gasteiger partial charge on any atom is 0.222 e. The molecule has 0 unspecified atom stereocenters. The first-order valence-electron chi connectivity index (χ1n) is 4.69. The molecule has 0 saturated carbocycles. The summed E-state index contributed by atoms with van der Waals surface area (Å²) in [6.45, 7) is 9.70. The van der Waals surface area contributed by atoms with Gasteiger partial charge in [-0.15, -0.1) is 0 Å². The molecule has 0 radical (unpaired) electrons. The van der Waals surface area contributed by atoms with Crippen LogP contribution in [0.15, 0.2) is 24.5 Å². The summed E-state index contributed by atoms with van der Waals surface area (Å²) in [7, 11) is -1.19. The van der Waals surface area contributed by atoms with Gasteiger partial charge in [-0.25, -0.2) is 0 Å². The molecular weight excluding hydrogens is 194 g/mol. The van der Waals surface area contributed by atoms with Gasteiger partial charge in [-0.3, -0.25) is 4.84 Å². The lowest BCUT2D eigenvalue weighted by molar-refractivity contribution is -0.890. The van der Waals surface area contributed by atoms with Crippen LogP contribution < -0.4 is 14.8 Å². The second-order valence-corrected chi connectivity index (χ2v) is 9.20. The molecule has 14 heavy (non-hydrogen) atoms. The molecule has 0 amide bonds. The molecule has 0 atom stereocenters. The lowest BCUT2D eigenvalue weighted by atomic mass is 10.5. The summed E-state index contributed by atoms with van der Waals surface area (Å²) in [6.07, 6.45) is 4.03. The normalized spacial score (nSPS) is 10.6. The van der Waals surface area contributed by atoms with Gasteiger partial charge in [0.2, 0.25) is 12.4 Å². The second-order valence-electron chi connectivity index (χ2n) is 4.12. The zero-order valence-corrected chi connectivity index (χ0v) is 10.3. The Balaban J connectivity index is 0.00000169. The van der Waals surface area contributed by atoms with Gasteiger partial charge in [0.1, 0.15) is 0 Å². The van der Waals surface area contributed by atoms with Gasteiger partial charge in [-0.05, 0) is 6.92 Å². The second kappa shape index (κ2) is 5.12. The lowest BCUT2D eigenvalue weighted by Gasteiger charge is -2.13. The molecule has 0 spiro atoms. The van der Waals surface area contributed by atoms with E-state index in [0.29, 0.717) is 6.61 Å². The van der Waals surface area contributed by atoms with Crippen molar-refractivity contribution in [1.29, 1.82) is 0 Å². The summed E-state index contributed by atoms with van der Waals surface area (Å²) in [4.78, 5) is 5.38. The van der Waals surface area contributed by atoms with Crippen molar-refractivity contribution in [3.05, 3.63) is 24.5 Å². The molecule has 4 heteroatoms. The third kappa shape index (κ3) is 3.47. The van der Waals surface area contributed by atoms with Gasteiger partial charge < -0.3 is 5.48 Å². The molecule has 80 valence electrons. The summed E-state index contributed by atoms with van der Waals surface area (Å²) in [5.74, 6) is 0. The van der Waals surface area contributed by atoms with Crippen molar-refractivity contribution in [2.45, 2.75) is 26.6 Å². The molecule has 0 saturated heterocycles. The van der Waals surface area contributed by atoms with Crippen molar-refractivity contribution in [2.75, 3.05) is 6.61 Å². The largest absolute Gasteiger partial charge is 0.870 e. The van der Waals surface area contributed by atoms with E-state index in [1.165, 1.54) is 5.19 Å². The molecule has 1 aromatic rings. The average Bonchev–Trinajstić information content (AvgIpc) is 2.04. The smallest absolute Gasteiger partial charge is 0.222 e. The van der Waals surface area contributed by atoms with Crippen LogP contribution in [0, 0.1) is 0 Å². The number of aromatic nitrogens is 1. The van der Waals surface area contributed by atoms with E-state index in [2.05, 4.69) is 31.9 Å². The van der Waals surface area contributed by atoms with Crippen molar-refractivity contribution >= 4 is 13.3 Å². The number of hydrogen-bond donors (Lipinski definition) is 0. The lowest BCUT2D eigenvalue weighted by Crippen LogP contribution is -2.49. The summed E-state index contributed by atoms with van der Waals surface area (Å²) in [6, 6.07) is 4.23. The van der Waals surface area contributed by atoms with Crippen LogP contribution in [0.3, 0.4) is 0 Å². The van der Waals surface area contributed by atoms with Crippen LogP contribution >= 0.6 is 0 Å². The summed E-state index contributed by atoms with van der Waals surface area (Å²) in [5.41, 5.74) is 0. The Hall–Kier alpha value is -0.873. The first-order valence-corrected chi connectivity index (χ1v) is 8.19. The van der Waals surface area contributed by atoms with Crippen LogP contribution in [0.2, 0.25) is 19.6 Å². The Morgan fingerprint density at radius 1 is 1.36 bits per heavy atom. The van der Waals surface area contributed by atoms with Crippen molar-refractivity contribution < 1.29 is 15.0 Å². The van der Waals surface area contributed by atoms with E-state index >= 15 is 0 Å². The van der Waals surface area contributed by atoms with Crippen LogP contribution in [0.1, 0.15) is 6.92 Å². The molecule has 1 rings (SSSR count). The van der Waals surface area contributed by atoms with Crippen molar-refractivity contribution in [3.63, 3.8) is 0 Å². The van der Waals surface area contributed by atoms with E-state index in [0.717, 1.165) is 0 Å². The topological polar surface area (TPSA) is 43.1 Å². The Morgan fingerprint density at radius 2 is 2.00 bits per heavy atom. The van der Waals surface area contributed by atoms with Crippen LogP contribution in [-0.2, 0) is 0 Å². The third-order valence-electron chi connectivity index (χ3n) is 1.92. The number of nitrogens with zero attached hydrogens (tertiary/aromatic N) is 1.